The van der Waals surface area contributed by atoms with Crippen molar-refractivity contribution in [3.63, 3.8) is 0 Å². The van der Waals surface area contributed by atoms with Gasteiger partial charge in [-0.2, -0.15) is 0 Å². The molecule has 2 aromatic heterocycles. The summed E-state index contributed by atoms with van der Waals surface area (Å²) in [6.07, 6.45) is 1.37. The lowest BCUT2D eigenvalue weighted by Gasteiger charge is -2.25. The number of nitrogens with zero attached hydrogens (tertiary/aromatic N) is 2. The molecule has 8 nitrogen and oxygen atoms in total. The zero-order valence-corrected chi connectivity index (χ0v) is 23.2. The van der Waals surface area contributed by atoms with Crippen LogP contribution in [0.3, 0.4) is 0 Å². The van der Waals surface area contributed by atoms with Gasteiger partial charge in [0.15, 0.2) is 28.1 Å². The first-order valence-corrected chi connectivity index (χ1v) is 13.9. The molecule has 0 aliphatic carbocycles. The van der Waals surface area contributed by atoms with Gasteiger partial charge in [0, 0.05) is 0 Å². The van der Waals surface area contributed by atoms with E-state index in [1.807, 2.05) is 62.4 Å². The summed E-state index contributed by atoms with van der Waals surface area (Å²) in [5.74, 6) is -0.980. The second-order valence-electron chi connectivity index (χ2n) is 9.53. The highest BCUT2D eigenvalue weighted by Gasteiger charge is 2.46. The zero-order valence-electron chi connectivity index (χ0n) is 22.4. The first-order valence-electron chi connectivity index (χ1n) is 13.1. The lowest BCUT2D eigenvalue weighted by atomic mass is 9.95. The Kier molecular flexibility index (Phi) is 7.03. The number of aromatic nitrogens is 1. The Balaban J connectivity index is 1.45. The minimum Gasteiger partial charge on any atom is -0.503 e. The summed E-state index contributed by atoms with van der Waals surface area (Å²) in [7, 11) is 0. The number of ether oxygens (including phenoxy) is 2. The van der Waals surface area contributed by atoms with Gasteiger partial charge in [0.2, 0.25) is 5.78 Å². The van der Waals surface area contributed by atoms with Crippen LogP contribution in [0, 0.1) is 6.92 Å². The Hall–Kier alpha value is -4.89. The number of rotatable bonds is 9. The van der Waals surface area contributed by atoms with E-state index in [1.54, 1.807) is 24.3 Å². The summed E-state index contributed by atoms with van der Waals surface area (Å²) in [5.41, 5.74) is 3.21. The lowest BCUT2D eigenvalue weighted by Crippen LogP contribution is -2.31. The quantitative estimate of drug-likeness (QED) is 0.193. The third-order valence-electron chi connectivity index (χ3n) is 6.76. The predicted molar refractivity (Wildman–Crippen MR) is 156 cm³/mol. The Bertz CT molecular complexity index is 1770. The Morgan fingerprint density at radius 2 is 1.85 bits per heavy atom. The van der Waals surface area contributed by atoms with Crippen molar-refractivity contribution in [3.8, 4) is 11.5 Å². The van der Waals surface area contributed by atoms with Crippen molar-refractivity contribution in [3.05, 3.63) is 119 Å². The molecule has 1 aliphatic heterocycles. The van der Waals surface area contributed by atoms with Gasteiger partial charge in [-0.05, 0) is 66.9 Å². The maximum absolute atomic E-state index is 13.6. The van der Waals surface area contributed by atoms with E-state index in [1.165, 1.54) is 28.6 Å². The van der Waals surface area contributed by atoms with Crippen molar-refractivity contribution in [1.29, 1.82) is 0 Å². The molecule has 41 heavy (non-hydrogen) atoms. The van der Waals surface area contributed by atoms with Crippen LogP contribution in [0.2, 0.25) is 0 Å². The monoisotopic (exact) mass is 566 g/mol. The molecular weight excluding hydrogens is 540 g/mol. The van der Waals surface area contributed by atoms with E-state index in [0.717, 1.165) is 15.8 Å². The number of aliphatic hydroxyl groups is 1. The van der Waals surface area contributed by atoms with Crippen molar-refractivity contribution in [2.75, 3.05) is 11.5 Å². The van der Waals surface area contributed by atoms with E-state index in [2.05, 4.69) is 4.98 Å². The van der Waals surface area contributed by atoms with Crippen LogP contribution in [0.5, 0.6) is 11.5 Å². The lowest BCUT2D eigenvalue weighted by molar-refractivity contribution is -0.117. The molecular formula is C32H26N2O6S. The molecule has 1 amide bonds. The fraction of sp³-hybridized carbons (Fsp3) is 0.156. The number of benzene rings is 3. The third-order valence-corrected chi connectivity index (χ3v) is 7.77. The van der Waals surface area contributed by atoms with Gasteiger partial charge in [0.1, 0.15) is 6.61 Å². The summed E-state index contributed by atoms with van der Waals surface area (Å²) < 4.78 is 18.2. The average molecular weight is 567 g/mol. The first kappa shape index (κ1) is 26.3. The molecule has 1 atom stereocenters. The number of furan rings is 1. The Morgan fingerprint density at radius 3 is 2.61 bits per heavy atom. The van der Waals surface area contributed by atoms with Crippen LogP contribution in [0.4, 0.5) is 5.13 Å². The van der Waals surface area contributed by atoms with Gasteiger partial charge in [-0.25, -0.2) is 4.98 Å². The molecule has 206 valence electrons. The number of carbonyl (C=O) groups excluding carboxylic acids is 2. The molecule has 1 aliphatic rings. The van der Waals surface area contributed by atoms with Crippen LogP contribution in [0.15, 0.2) is 101 Å². The predicted octanol–water partition coefficient (Wildman–Crippen LogP) is 6.96. The zero-order chi connectivity index (χ0) is 28.5. The number of anilines is 1. The van der Waals surface area contributed by atoms with Gasteiger partial charge in [-0.3, -0.25) is 14.5 Å². The molecule has 6 rings (SSSR count). The molecule has 0 spiro atoms. The Morgan fingerprint density at radius 1 is 1.02 bits per heavy atom. The van der Waals surface area contributed by atoms with Crippen molar-refractivity contribution >= 4 is 38.4 Å². The van der Waals surface area contributed by atoms with Crippen LogP contribution in [0.1, 0.15) is 40.2 Å². The van der Waals surface area contributed by atoms with E-state index in [0.29, 0.717) is 40.9 Å². The SMILES string of the molecule is CCOc1cc(C2C(C(=O)c3ccco3)=C(O)C(=O)N2c2nc3ccc(C)cc3s2)ccc1OCc1ccccc1. The van der Waals surface area contributed by atoms with Crippen LogP contribution >= 0.6 is 11.3 Å². The highest BCUT2D eigenvalue weighted by molar-refractivity contribution is 7.22. The molecule has 1 unspecified atom stereocenters. The number of thiazole rings is 1. The summed E-state index contributed by atoms with van der Waals surface area (Å²) in [6.45, 7) is 4.55. The second kappa shape index (κ2) is 10.9. The van der Waals surface area contributed by atoms with E-state index in [9.17, 15) is 14.7 Å². The highest BCUT2D eigenvalue weighted by atomic mass is 32.1. The molecule has 0 fully saturated rings. The van der Waals surface area contributed by atoms with Crippen molar-refractivity contribution in [2.24, 2.45) is 0 Å². The van der Waals surface area contributed by atoms with E-state index in [4.69, 9.17) is 13.9 Å². The number of aryl methyl sites for hydroxylation is 1. The number of fused-ring (bicyclic) bond motifs is 1. The minimum atomic E-state index is -0.982. The van der Waals surface area contributed by atoms with Crippen molar-refractivity contribution < 1.29 is 28.6 Å². The molecule has 3 aromatic carbocycles. The van der Waals surface area contributed by atoms with Gasteiger partial charge in [0.05, 0.1) is 34.7 Å². The Labute approximate surface area is 240 Å². The molecule has 3 heterocycles. The summed E-state index contributed by atoms with van der Waals surface area (Å²) in [5, 5.41) is 11.5. The number of amides is 1. The molecule has 0 saturated carbocycles. The fourth-order valence-corrected chi connectivity index (χ4v) is 5.92. The molecule has 5 aromatic rings. The minimum absolute atomic E-state index is 0.0129. The standard InChI is InChI=1S/C32H26N2O6S/c1-3-38-25-17-21(12-14-23(25)40-18-20-8-5-4-6-9-20)28-27(29(35)24-10-7-15-39-24)30(36)31(37)34(28)32-33-22-13-11-19(2)16-26(22)41-32/h4-17,28,36H,3,18H2,1-2H3. The van der Waals surface area contributed by atoms with Gasteiger partial charge < -0.3 is 19.0 Å². The average Bonchev–Trinajstić information content (AvgIpc) is 3.71. The van der Waals surface area contributed by atoms with Gasteiger partial charge in [0.25, 0.3) is 5.91 Å². The van der Waals surface area contributed by atoms with Crippen LogP contribution in [-0.2, 0) is 11.4 Å². The summed E-state index contributed by atoms with van der Waals surface area (Å²) in [4.78, 5) is 33.3. The number of hydrogen-bond acceptors (Lipinski definition) is 8. The van der Waals surface area contributed by atoms with Crippen molar-refractivity contribution in [2.45, 2.75) is 26.5 Å². The smallest absolute Gasteiger partial charge is 0.296 e. The summed E-state index contributed by atoms with van der Waals surface area (Å²) >= 11 is 1.31. The van der Waals surface area contributed by atoms with E-state index in [-0.39, 0.29) is 11.3 Å². The van der Waals surface area contributed by atoms with Crippen LogP contribution in [-0.4, -0.2) is 28.4 Å². The third kappa shape index (κ3) is 4.96. The van der Waals surface area contributed by atoms with Crippen LogP contribution < -0.4 is 14.4 Å². The molecule has 0 radical (unpaired) electrons. The van der Waals surface area contributed by atoms with Crippen LogP contribution in [0.25, 0.3) is 10.2 Å². The summed E-state index contributed by atoms with van der Waals surface area (Å²) in [6, 6.07) is 22.9. The largest absolute Gasteiger partial charge is 0.503 e. The first-order chi connectivity index (χ1) is 19.9. The van der Waals surface area contributed by atoms with Gasteiger partial charge >= 0.3 is 0 Å². The number of aliphatic hydroxyl groups excluding tert-OH is 1. The number of carbonyl (C=O) groups is 2. The number of hydrogen-bond donors (Lipinski definition) is 1. The highest BCUT2D eigenvalue weighted by Crippen LogP contribution is 2.46. The topological polar surface area (TPSA) is 102 Å². The fourth-order valence-electron chi connectivity index (χ4n) is 4.83. The maximum Gasteiger partial charge on any atom is 0.296 e. The van der Waals surface area contributed by atoms with Gasteiger partial charge in [-0.1, -0.05) is 53.8 Å². The molecule has 0 bridgehead atoms. The normalized spacial score (nSPS) is 15.1. The number of ketones is 1. The second-order valence-corrected chi connectivity index (χ2v) is 10.5. The molecule has 1 N–H and O–H groups in total. The number of Topliss-reactive ketones (excluding diaryl/α,β-unsaturated/α-hetero) is 1. The maximum atomic E-state index is 13.6. The molecule has 0 saturated heterocycles. The van der Waals surface area contributed by atoms with Gasteiger partial charge in [-0.15, -0.1) is 0 Å². The van der Waals surface area contributed by atoms with E-state index < -0.39 is 23.5 Å². The van der Waals surface area contributed by atoms with E-state index >= 15 is 0 Å². The molecule has 9 heteroatoms. The van der Waals surface area contributed by atoms with Crippen molar-refractivity contribution in [1.82, 2.24) is 4.98 Å².